The van der Waals surface area contributed by atoms with Crippen molar-refractivity contribution in [3.63, 3.8) is 0 Å². The van der Waals surface area contributed by atoms with Crippen LogP contribution in [0.15, 0.2) is 16.5 Å². The Labute approximate surface area is 68.5 Å². The quantitative estimate of drug-likeness (QED) is 0.291. The second-order valence-corrected chi connectivity index (χ2v) is 2.75. The smallest absolute Gasteiger partial charge is 0.164 e. The van der Waals surface area contributed by atoms with Gasteiger partial charge < -0.3 is 16.3 Å². The predicted octanol–water partition coefficient (Wildman–Crippen LogP) is 0.336. The van der Waals surface area contributed by atoms with Gasteiger partial charge in [0.15, 0.2) is 5.84 Å². The number of hydrogen-bond donors (Lipinski definition) is 2. The van der Waals surface area contributed by atoms with Crippen molar-refractivity contribution >= 4 is 17.2 Å². The van der Waals surface area contributed by atoms with Crippen LogP contribution in [0.3, 0.4) is 0 Å². The van der Waals surface area contributed by atoms with Crippen molar-refractivity contribution in [1.82, 2.24) is 0 Å². The first-order chi connectivity index (χ1) is 5.29. The lowest BCUT2D eigenvalue weighted by Crippen LogP contribution is -2.14. The summed E-state index contributed by atoms with van der Waals surface area (Å²) in [4.78, 5) is 0.773. The van der Waals surface area contributed by atoms with Crippen molar-refractivity contribution in [3.05, 3.63) is 16.3 Å². The highest BCUT2D eigenvalue weighted by Crippen LogP contribution is 2.23. The van der Waals surface area contributed by atoms with Crippen LogP contribution in [0, 0.1) is 0 Å². The molecule has 0 saturated carbocycles. The first-order valence-corrected chi connectivity index (χ1v) is 3.82. The van der Waals surface area contributed by atoms with Crippen molar-refractivity contribution in [2.45, 2.75) is 0 Å². The van der Waals surface area contributed by atoms with Gasteiger partial charge in [-0.05, 0) is 11.4 Å². The lowest BCUT2D eigenvalue weighted by Gasteiger charge is -1.98. The number of methoxy groups -OCH3 is 1. The zero-order valence-electron chi connectivity index (χ0n) is 6.07. The molecule has 0 fully saturated rings. The molecule has 0 aliphatic carbocycles. The first-order valence-electron chi connectivity index (χ1n) is 2.94. The molecule has 1 aromatic rings. The van der Waals surface area contributed by atoms with E-state index in [1.165, 1.54) is 11.3 Å². The molecule has 60 valence electrons. The van der Waals surface area contributed by atoms with E-state index in [9.17, 15) is 0 Å². The third-order valence-electron chi connectivity index (χ3n) is 1.22. The van der Waals surface area contributed by atoms with E-state index < -0.39 is 0 Å². The fourth-order valence-electron chi connectivity index (χ4n) is 0.704. The number of amidine groups is 1. The number of nitrogens with two attached hydrogens (primary N) is 2. The molecule has 0 aliphatic heterocycles. The molecule has 5 heteroatoms. The molecule has 0 atom stereocenters. The Morgan fingerprint density at radius 2 is 2.45 bits per heavy atom. The topological polar surface area (TPSA) is 73.6 Å². The second kappa shape index (κ2) is 3.25. The fraction of sp³-hybridized carbons (Fsp3) is 0.167. The van der Waals surface area contributed by atoms with Crippen LogP contribution < -0.4 is 16.3 Å². The number of rotatable bonds is 2. The van der Waals surface area contributed by atoms with Gasteiger partial charge in [0.2, 0.25) is 0 Å². The van der Waals surface area contributed by atoms with E-state index >= 15 is 0 Å². The molecule has 0 bridgehead atoms. The van der Waals surface area contributed by atoms with Gasteiger partial charge in [0.05, 0.1) is 7.11 Å². The summed E-state index contributed by atoms with van der Waals surface area (Å²) in [6.07, 6.45) is 0. The average Bonchev–Trinajstić information content (AvgIpc) is 2.50. The number of ether oxygens (including phenoxy) is 1. The molecule has 4 nitrogen and oxygen atoms in total. The lowest BCUT2D eigenvalue weighted by molar-refractivity contribution is 0.416. The maximum Gasteiger partial charge on any atom is 0.164 e. The monoisotopic (exact) mass is 171 g/mol. The van der Waals surface area contributed by atoms with Crippen LogP contribution in [0.1, 0.15) is 4.88 Å². The minimum atomic E-state index is 0.303. The molecular formula is C6H9N3OS. The second-order valence-electron chi connectivity index (χ2n) is 1.83. The van der Waals surface area contributed by atoms with E-state index in [2.05, 4.69) is 5.10 Å². The molecule has 1 aromatic heterocycles. The van der Waals surface area contributed by atoms with E-state index in [0.717, 1.165) is 4.88 Å². The highest BCUT2D eigenvalue weighted by molar-refractivity contribution is 7.12. The molecule has 0 spiro atoms. The molecule has 0 aliphatic rings. The van der Waals surface area contributed by atoms with Crippen molar-refractivity contribution in [2.75, 3.05) is 7.11 Å². The largest absolute Gasteiger partial charge is 0.495 e. The zero-order valence-corrected chi connectivity index (χ0v) is 6.89. The number of hydrazone groups is 1. The van der Waals surface area contributed by atoms with Gasteiger partial charge in [0.25, 0.3) is 0 Å². The van der Waals surface area contributed by atoms with Crippen LogP contribution in [0.25, 0.3) is 0 Å². The van der Waals surface area contributed by atoms with Crippen LogP contribution in [-0.4, -0.2) is 12.9 Å². The van der Waals surface area contributed by atoms with Crippen molar-refractivity contribution in [2.24, 2.45) is 16.7 Å². The van der Waals surface area contributed by atoms with Gasteiger partial charge in [-0.15, -0.1) is 11.3 Å². The summed E-state index contributed by atoms with van der Waals surface area (Å²) in [6.45, 7) is 0. The van der Waals surface area contributed by atoms with Gasteiger partial charge in [-0.25, -0.2) is 0 Å². The Bertz CT molecular complexity index is 269. The van der Waals surface area contributed by atoms with Crippen LogP contribution in [0.4, 0.5) is 0 Å². The molecule has 1 rings (SSSR count). The Morgan fingerprint density at radius 1 is 1.73 bits per heavy atom. The SMILES string of the molecule is COc1ccsc1/C(N)=N/N. The van der Waals surface area contributed by atoms with Crippen molar-refractivity contribution in [3.8, 4) is 5.75 Å². The Kier molecular flexibility index (Phi) is 2.32. The van der Waals surface area contributed by atoms with Crippen LogP contribution in [-0.2, 0) is 0 Å². The van der Waals surface area contributed by atoms with Gasteiger partial charge in [-0.3, -0.25) is 0 Å². The van der Waals surface area contributed by atoms with E-state index in [1.807, 2.05) is 11.4 Å². The zero-order chi connectivity index (χ0) is 8.27. The molecule has 4 N–H and O–H groups in total. The lowest BCUT2D eigenvalue weighted by atomic mass is 10.4. The third kappa shape index (κ3) is 1.43. The van der Waals surface area contributed by atoms with Gasteiger partial charge in [0.1, 0.15) is 10.6 Å². The van der Waals surface area contributed by atoms with E-state index in [1.54, 1.807) is 7.11 Å². The highest BCUT2D eigenvalue weighted by atomic mass is 32.1. The van der Waals surface area contributed by atoms with Crippen molar-refractivity contribution < 1.29 is 4.74 Å². The van der Waals surface area contributed by atoms with Crippen molar-refractivity contribution in [1.29, 1.82) is 0 Å². The molecule has 0 radical (unpaired) electrons. The van der Waals surface area contributed by atoms with Gasteiger partial charge in [0, 0.05) is 0 Å². The van der Waals surface area contributed by atoms with Gasteiger partial charge in [-0.2, -0.15) is 5.10 Å². The standard InChI is InChI=1S/C6H9N3OS/c1-10-4-2-3-11-5(4)6(7)9-8/h2-3H,8H2,1H3,(H2,7,9). The molecule has 0 unspecified atom stereocenters. The van der Waals surface area contributed by atoms with E-state index in [4.69, 9.17) is 16.3 Å². The summed E-state index contributed by atoms with van der Waals surface area (Å²) in [6, 6.07) is 1.82. The number of thiophene rings is 1. The van der Waals surface area contributed by atoms with Crippen LogP contribution in [0.2, 0.25) is 0 Å². The number of hydrogen-bond acceptors (Lipinski definition) is 4. The van der Waals surface area contributed by atoms with E-state index in [-0.39, 0.29) is 0 Å². The van der Waals surface area contributed by atoms with Crippen LogP contribution in [0.5, 0.6) is 5.75 Å². The molecule has 1 heterocycles. The summed E-state index contributed by atoms with van der Waals surface area (Å²) in [5.74, 6) is 6.01. The molecule has 0 amide bonds. The first kappa shape index (κ1) is 7.87. The highest BCUT2D eigenvalue weighted by Gasteiger charge is 2.07. The van der Waals surface area contributed by atoms with Crippen LogP contribution >= 0.6 is 11.3 Å². The Balaban J connectivity index is 3.02. The summed E-state index contributed by atoms with van der Waals surface area (Å²) in [5, 5.41) is 5.23. The fourth-order valence-corrected chi connectivity index (χ4v) is 1.47. The summed E-state index contributed by atoms with van der Waals surface area (Å²) >= 11 is 1.45. The number of nitrogens with zero attached hydrogens (tertiary/aromatic N) is 1. The normalized spacial score (nSPS) is 11.5. The summed E-state index contributed by atoms with van der Waals surface area (Å²) in [5.41, 5.74) is 5.47. The molecule has 0 aromatic carbocycles. The Morgan fingerprint density at radius 3 is 3.00 bits per heavy atom. The molecule has 11 heavy (non-hydrogen) atoms. The van der Waals surface area contributed by atoms with E-state index in [0.29, 0.717) is 11.6 Å². The predicted molar refractivity (Wildman–Crippen MR) is 45.8 cm³/mol. The maximum absolute atomic E-state index is 5.47. The summed E-state index contributed by atoms with van der Waals surface area (Å²) in [7, 11) is 1.58. The molecular weight excluding hydrogens is 162 g/mol. The van der Waals surface area contributed by atoms with Gasteiger partial charge >= 0.3 is 0 Å². The Hall–Kier alpha value is -1.23. The minimum absolute atomic E-state index is 0.303. The maximum atomic E-state index is 5.47. The van der Waals surface area contributed by atoms with Gasteiger partial charge in [-0.1, -0.05) is 0 Å². The molecule has 0 saturated heterocycles. The average molecular weight is 171 g/mol. The minimum Gasteiger partial charge on any atom is -0.495 e. The third-order valence-corrected chi connectivity index (χ3v) is 2.14. The summed E-state index contributed by atoms with van der Waals surface area (Å²) < 4.78 is 5.00.